The van der Waals surface area contributed by atoms with Crippen LogP contribution >= 0.6 is 0 Å². The molecule has 0 heterocycles. The molecule has 0 saturated heterocycles. The molecule has 31 heavy (non-hydrogen) atoms. The third-order valence-electron chi connectivity index (χ3n) is 4.35. The monoisotopic (exact) mass is 419 g/mol. The number of amides is 1. The molecule has 1 N–H and O–H groups in total. The smallest absolute Gasteiger partial charge is 0.262 e. The van der Waals surface area contributed by atoms with Crippen LogP contribution in [0, 0.1) is 0 Å². The fourth-order valence-electron chi connectivity index (χ4n) is 2.93. The molecule has 0 unspecified atom stereocenters. The van der Waals surface area contributed by atoms with Crippen LogP contribution in [0.5, 0.6) is 17.2 Å². The van der Waals surface area contributed by atoms with Crippen LogP contribution in [-0.2, 0) is 4.79 Å². The van der Waals surface area contributed by atoms with Gasteiger partial charge in [-0.1, -0.05) is 30.3 Å². The Hall–Kier alpha value is -3.80. The second kappa shape index (κ2) is 10.8. The Morgan fingerprint density at radius 1 is 0.742 bits per heavy atom. The second-order valence-electron chi connectivity index (χ2n) is 6.58. The normalized spacial score (nSPS) is 10.3. The lowest BCUT2D eigenvalue weighted by atomic mass is 10.0. The van der Waals surface area contributed by atoms with Crippen molar-refractivity contribution in [2.75, 3.05) is 25.1 Å². The van der Waals surface area contributed by atoms with Gasteiger partial charge in [-0.3, -0.25) is 9.59 Å². The van der Waals surface area contributed by atoms with Gasteiger partial charge in [0.05, 0.1) is 13.2 Å². The van der Waals surface area contributed by atoms with Crippen LogP contribution in [0.3, 0.4) is 0 Å². The molecule has 0 saturated carbocycles. The van der Waals surface area contributed by atoms with Gasteiger partial charge in [-0.2, -0.15) is 0 Å². The highest BCUT2D eigenvalue weighted by molar-refractivity contribution is 6.09. The molecule has 3 aromatic rings. The number of ketones is 1. The molecule has 0 atom stereocenters. The second-order valence-corrected chi connectivity index (χ2v) is 6.58. The zero-order valence-electron chi connectivity index (χ0n) is 17.6. The molecular weight excluding hydrogens is 394 g/mol. The summed E-state index contributed by atoms with van der Waals surface area (Å²) in [5.74, 6) is 1.33. The number of anilines is 1. The third kappa shape index (κ3) is 6.09. The van der Waals surface area contributed by atoms with Crippen LogP contribution in [0.15, 0.2) is 72.8 Å². The highest BCUT2D eigenvalue weighted by Gasteiger charge is 2.11. The molecule has 0 aromatic heterocycles. The van der Waals surface area contributed by atoms with Crippen LogP contribution in [0.2, 0.25) is 0 Å². The summed E-state index contributed by atoms with van der Waals surface area (Å²) in [6, 6.07) is 21.0. The SMILES string of the molecule is CCOc1ccc(NC(=O)COc2ccc(C(=O)c3ccccc3)cc2)cc1OCC. The Kier molecular flexibility index (Phi) is 7.65. The zero-order valence-corrected chi connectivity index (χ0v) is 17.6. The maximum absolute atomic E-state index is 12.4. The van der Waals surface area contributed by atoms with Crippen LogP contribution in [-0.4, -0.2) is 31.5 Å². The largest absolute Gasteiger partial charge is 0.490 e. The summed E-state index contributed by atoms with van der Waals surface area (Å²) in [6.07, 6.45) is 0. The highest BCUT2D eigenvalue weighted by atomic mass is 16.5. The van der Waals surface area contributed by atoms with E-state index in [0.717, 1.165) is 0 Å². The van der Waals surface area contributed by atoms with Gasteiger partial charge in [-0.15, -0.1) is 0 Å². The van der Waals surface area contributed by atoms with Gasteiger partial charge in [0.2, 0.25) is 0 Å². The summed E-state index contributed by atoms with van der Waals surface area (Å²) in [7, 11) is 0. The molecule has 6 nitrogen and oxygen atoms in total. The molecule has 160 valence electrons. The topological polar surface area (TPSA) is 73.9 Å². The minimum atomic E-state index is -0.309. The predicted molar refractivity (Wildman–Crippen MR) is 119 cm³/mol. The van der Waals surface area contributed by atoms with Crippen molar-refractivity contribution in [1.82, 2.24) is 0 Å². The minimum Gasteiger partial charge on any atom is -0.490 e. The van der Waals surface area contributed by atoms with Crippen LogP contribution in [0.25, 0.3) is 0 Å². The summed E-state index contributed by atoms with van der Waals surface area (Å²) in [6.45, 7) is 4.63. The fraction of sp³-hybridized carbons (Fsp3) is 0.200. The average Bonchev–Trinajstić information content (AvgIpc) is 2.80. The van der Waals surface area contributed by atoms with Gasteiger partial charge in [-0.25, -0.2) is 0 Å². The van der Waals surface area contributed by atoms with E-state index in [2.05, 4.69) is 5.32 Å². The van der Waals surface area contributed by atoms with E-state index in [1.54, 1.807) is 54.6 Å². The standard InChI is InChI=1S/C25H25NO5/c1-3-29-22-15-12-20(16-23(22)30-4-2)26-24(27)17-31-21-13-10-19(11-14-21)25(28)18-8-6-5-7-9-18/h5-16H,3-4,17H2,1-2H3,(H,26,27). The Morgan fingerprint density at radius 2 is 1.39 bits per heavy atom. The van der Waals surface area contributed by atoms with Gasteiger partial charge in [0.15, 0.2) is 23.9 Å². The molecule has 3 aromatic carbocycles. The first-order valence-electron chi connectivity index (χ1n) is 10.1. The van der Waals surface area contributed by atoms with E-state index in [1.165, 1.54) is 0 Å². The summed E-state index contributed by atoms with van der Waals surface area (Å²) < 4.78 is 16.6. The van der Waals surface area contributed by atoms with Gasteiger partial charge in [0.1, 0.15) is 5.75 Å². The molecule has 0 fully saturated rings. The van der Waals surface area contributed by atoms with E-state index in [1.807, 2.05) is 32.0 Å². The first-order chi connectivity index (χ1) is 15.1. The van der Waals surface area contributed by atoms with E-state index in [-0.39, 0.29) is 18.3 Å². The van der Waals surface area contributed by atoms with E-state index in [0.29, 0.717) is 47.3 Å². The quantitative estimate of drug-likeness (QED) is 0.481. The minimum absolute atomic E-state index is 0.0644. The predicted octanol–water partition coefficient (Wildman–Crippen LogP) is 4.73. The number of ether oxygens (including phenoxy) is 3. The lowest BCUT2D eigenvalue weighted by molar-refractivity contribution is -0.118. The first-order valence-corrected chi connectivity index (χ1v) is 10.1. The number of carbonyl (C=O) groups excluding carboxylic acids is 2. The van der Waals surface area contributed by atoms with Crippen molar-refractivity contribution in [1.29, 1.82) is 0 Å². The van der Waals surface area contributed by atoms with Crippen molar-refractivity contribution < 1.29 is 23.8 Å². The van der Waals surface area contributed by atoms with Gasteiger partial charge >= 0.3 is 0 Å². The van der Waals surface area contributed by atoms with Gasteiger partial charge in [-0.05, 0) is 50.2 Å². The van der Waals surface area contributed by atoms with E-state index >= 15 is 0 Å². The van der Waals surface area contributed by atoms with Crippen molar-refractivity contribution in [2.45, 2.75) is 13.8 Å². The third-order valence-corrected chi connectivity index (χ3v) is 4.35. The summed E-state index contributed by atoms with van der Waals surface area (Å²) in [5, 5.41) is 2.78. The summed E-state index contributed by atoms with van der Waals surface area (Å²) >= 11 is 0. The maximum atomic E-state index is 12.4. The Labute approximate surface area is 181 Å². The van der Waals surface area contributed by atoms with Crippen molar-refractivity contribution in [2.24, 2.45) is 0 Å². The Bertz CT molecular complexity index is 1020. The maximum Gasteiger partial charge on any atom is 0.262 e. The van der Waals surface area contributed by atoms with Gasteiger partial charge < -0.3 is 19.5 Å². The number of benzene rings is 3. The van der Waals surface area contributed by atoms with Crippen molar-refractivity contribution >= 4 is 17.4 Å². The molecule has 0 radical (unpaired) electrons. The van der Waals surface area contributed by atoms with Crippen LogP contribution < -0.4 is 19.5 Å². The number of rotatable bonds is 10. The number of hydrogen-bond acceptors (Lipinski definition) is 5. The molecular formula is C25H25NO5. The molecule has 0 bridgehead atoms. The molecule has 6 heteroatoms. The van der Waals surface area contributed by atoms with Crippen molar-refractivity contribution in [3.63, 3.8) is 0 Å². The highest BCUT2D eigenvalue weighted by Crippen LogP contribution is 2.30. The molecule has 0 spiro atoms. The molecule has 0 aliphatic carbocycles. The van der Waals surface area contributed by atoms with Crippen molar-refractivity contribution in [3.05, 3.63) is 83.9 Å². The molecule has 0 aliphatic heterocycles. The molecule has 1 amide bonds. The Balaban J connectivity index is 1.56. The summed E-state index contributed by atoms with van der Waals surface area (Å²) in [4.78, 5) is 24.7. The van der Waals surface area contributed by atoms with E-state index in [4.69, 9.17) is 14.2 Å². The summed E-state index contributed by atoms with van der Waals surface area (Å²) in [5.41, 5.74) is 1.77. The fourth-order valence-corrected chi connectivity index (χ4v) is 2.93. The lowest BCUT2D eigenvalue weighted by Crippen LogP contribution is -2.20. The average molecular weight is 419 g/mol. The number of carbonyl (C=O) groups is 2. The molecule has 3 rings (SSSR count). The Morgan fingerprint density at radius 3 is 2.06 bits per heavy atom. The van der Waals surface area contributed by atoms with Gasteiger partial charge in [0.25, 0.3) is 5.91 Å². The van der Waals surface area contributed by atoms with E-state index < -0.39 is 0 Å². The van der Waals surface area contributed by atoms with Crippen molar-refractivity contribution in [3.8, 4) is 17.2 Å². The van der Waals surface area contributed by atoms with Crippen LogP contribution in [0.1, 0.15) is 29.8 Å². The number of hydrogen-bond donors (Lipinski definition) is 1. The molecule has 0 aliphatic rings. The van der Waals surface area contributed by atoms with Gasteiger partial charge in [0, 0.05) is 22.9 Å². The van der Waals surface area contributed by atoms with Crippen LogP contribution in [0.4, 0.5) is 5.69 Å². The zero-order chi connectivity index (χ0) is 22.1. The lowest BCUT2D eigenvalue weighted by Gasteiger charge is -2.13. The number of nitrogens with one attached hydrogen (secondary N) is 1. The first kappa shape index (κ1) is 21.9. The van der Waals surface area contributed by atoms with E-state index in [9.17, 15) is 9.59 Å².